The van der Waals surface area contributed by atoms with E-state index in [9.17, 15) is 24.9 Å². The Morgan fingerprint density at radius 1 is 1.20 bits per heavy atom. The van der Waals surface area contributed by atoms with Crippen molar-refractivity contribution >= 4 is 0 Å². The Labute approximate surface area is 141 Å². The zero-order valence-corrected chi connectivity index (χ0v) is 13.3. The van der Waals surface area contributed by atoms with E-state index < -0.39 is 42.4 Å². The van der Waals surface area contributed by atoms with Crippen LogP contribution in [0.2, 0.25) is 0 Å². The summed E-state index contributed by atoms with van der Waals surface area (Å²) in [6.07, 6.45) is -5.11. The fourth-order valence-corrected chi connectivity index (χ4v) is 2.83. The highest BCUT2D eigenvalue weighted by Gasteiger charge is 2.44. The van der Waals surface area contributed by atoms with Crippen LogP contribution in [0.15, 0.2) is 39.9 Å². The molecule has 0 unspecified atom stereocenters. The van der Waals surface area contributed by atoms with E-state index in [1.165, 1.54) is 13.2 Å². The van der Waals surface area contributed by atoms with Crippen LogP contribution in [0.4, 0.5) is 0 Å². The van der Waals surface area contributed by atoms with Gasteiger partial charge in [-0.25, -0.2) is 4.79 Å². The van der Waals surface area contributed by atoms with Gasteiger partial charge in [-0.2, -0.15) is 0 Å². The van der Waals surface area contributed by atoms with E-state index in [0.29, 0.717) is 11.3 Å². The number of ether oxygens (including phenoxy) is 2. The van der Waals surface area contributed by atoms with Gasteiger partial charge < -0.3 is 24.8 Å². The Kier molecular flexibility index (Phi) is 4.73. The largest absolute Gasteiger partial charge is 0.497 e. The van der Waals surface area contributed by atoms with Gasteiger partial charge in [-0.15, -0.1) is 0 Å². The van der Waals surface area contributed by atoms with E-state index in [0.717, 1.165) is 4.57 Å². The molecular weight excluding hydrogens is 332 g/mol. The van der Waals surface area contributed by atoms with Gasteiger partial charge in [-0.05, 0) is 29.8 Å². The van der Waals surface area contributed by atoms with Gasteiger partial charge >= 0.3 is 5.69 Å². The lowest BCUT2D eigenvalue weighted by molar-refractivity contribution is -0.0541. The van der Waals surface area contributed by atoms with E-state index in [1.807, 2.05) is 0 Å². The maximum Gasteiger partial charge on any atom is 0.331 e. The molecule has 0 saturated carbocycles. The van der Waals surface area contributed by atoms with E-state index in [2.05, 4.69) is 4.98 Å². The molecule has 9 nitrogen and oxygen atoms in total. The van der Waals surface area contributed by atoms with Crippen LogP contribution in [-0.4, -0.2) is 56.9 Å². The van der Waals surface area contributed by atoms with Crippen LogP contribution in [0.3, 0.4) is 0 Å². The summed E-state index contributed by atoms with van der Waals surface area (Å²) in [5.74, 6) is 0.593. The number of aliphatic hydroxyl groups is 3. The van der Waals surface area contributed by atoms with E-state index in [-0.39, 0.29) is 5.69 Å². The first-order chi connectivity index (χ1) is 12.0. The molecule has 0 radical (unpaired) electrons. The van der Waals surface area contributed by atoms with E-state index >= 15 is 0 Å². The molecule has 0 spiro atoms. The molecule has 0 aliphatic carbocycles. The number of hydrogen-bond acceptors (Lipinski definition) is 7. The maximum atomic E-state index is 12.3. The number of nitrogens with one attached hydrogen (secondary N) is 1. The minimum absolute atomic E-state index is 0.200. The topological polar surface area (TPSA) is 134 Å². The van der Waals surface area contributed by atoms with Crippen LogP contribution in [0.25, 0.3) is 11.3 Å². The fraction of sp³-hybridized carbons (Fsp3) is 0.375. The third kappa shape index (κ3) is 3.10. The van der Waals surface area contributed by atoms with Crippen LogP contribution in [0, 0.1) is 0 Å². The Morgan fingerprint density at radius 3 is 2.44 bits per heavy atom. The minimum Gasteiger partial charge on any atom is -0.497 e. The number of rotatable bonds is 4. The molecule has 4 atom stereocenters. The molecule has 4 N–H and O–H groups in total. The number of H-pyrrole nitrogens is 1. The average Bonchev–Trinajstić information content (AvgIpc) is 2.89. The number of nitrogens with zero attached hydrogens (tertiary/aromatic N) is 1. The number of hydrogen-bond donors (Lipinski definition) is 4. The Hall–Kier alpha value is -2.46. The SMILES string of the molecule is COc1ccc(-c2cc(=O)[nH]c(=O)n2[C@@H]2O[C@H](CO)[C@@H](O)[C@H]2O)cc1. The lowest BCUT2D eigenvalue weighted by atomic mass is 10.1. The van der Waals surface area contributed by atoms with Crippen molar-refractivity contribution < 1.29 is 24.8 Å². The first-order valence-corrected chi connectivity index (χ1v) is 7.59. The van der Waals surface area contributed by atoms with Crippen molar-refractivity contribution in [1.82, 2.24) is 9.55 Å². The van der Waals surface area contributed by atoms with Crippen molar-refractivity contribution in [2.75, 3.05) is 13.7 Å². The quantitative estimate of drug-likeness (QED) is 0.545. The van der Waals surface area contributed by atoms with Crippen LogP contribution in [0.1, 0.15) is 6.23 Å². The van der Waals surface area contributed by atoms with Gasteiger partial charge in [0.1, 0.15) is 24.1 Å². The van der Waals surface area contributed by atoms with Crippen molar-refractivity contribution in [2.45, 2.75) is 24.5 Å². The molecule has 1 saturated heterocycles. The molecule has 134 valence electrons. The lowest BCUT2D eigenvalue weighted by Gasteiger charge is -2.21. The number of methoxy groups -OCH3 is 1. The molecule has 2 heterocycles. The van der Waals surface area contributed by atoms with Gasteiger partial charge in [-0.3, -0.25) is 14.3 Å². The highest BCUT2D eigenvalue weighted by Crippen LogP contribution is 2.31. The molecule has 25 heavy (non-hydrogen) atoms. The zero-order valence-electron chi connectivity index (χ0n) is 13.3. The molecule has 1 fully saturated rings. The molecule has 0 bridgehead atoms. The summed E-state index contributed by atoms with van der Waals surface area (Å²) in [5.41, 5.74) is -0.694. The average molecular weight is 350 g/mol. The standard InChI is InChI=1S/C16H18N2O7/c1-24-9-4-2-8(3-5-9)10-6-12(20)17-16(23)18(10)15-14(22)13(21)11(7-19)25-15/h2-6,11,13-15,19,21-22H,7H2,1H3,(H,17,20,23)/t11-,13-,14-,15-/m1/s1. The Bertz CT molecular complexity index is 858. The monoisotopic (exact) mass is 350 g/mol. The first-order valence-electron chi connectivity index (χ1n) is 7.59. The van der Waals surface area contributed by atoms with Crippen molar-refractivity contribution in [1.29, 1.82) is 0 Å². The predicted molar refractivity (Wildman–Crippen MR) is 86.3 cm³/mol. The van der Waals surface area contributed by atoms with Gasteiger partial charge in [0.25, 0.3) is 5.56 Å². The van der Waals surface area contributed by atoms with Crippen molar-refractivity contribution in [3.63, 3.8) is 0 Å². The number of aromatic amines is 1. The molecule has 1 aromatic heterocycles. The summed E-state index contributed by atoms with van der Waals surface area (Å²) in [6.45, 7) is -0.523. The predicted octanol–water partition coefficient (Wildman–Crippen LogP) is -1.18. The fourth-order valence-electron chi connectivity index (χ4n) is 2.83. The van der Waals surface area contributed by atoms with Crippen LogP contribution >= 0.6 is 0 Å². The molecule has 1 aliphatic heterocycles. The molecule has 1 aromatic carbocycles. The molecule has 3 rings (SSSR count). The second kappa shape index (κ2) is 6.81. The minimum atomic E-state index is -1.45. The smallest absolute Gasteiger partial charge is 0.331 e. The summed E-state index contributed by atoms with van der Waals surface area (Å²) in [4.78, 5) is 26.2. The molecule has 0 amide bonds. The third-order valence-corrected chi connectivity index (χ3v) is 4.13. The van der Waals surface area contributed by atoms with Gasteiger partial charge in [0.05, 0.1) is 19.4 Å². The molecule has 2 aromatic rings. The third-order valence-electron chi connectivity index (χ3n) is 4.13. The highest BCUT2D eigenvalue weighted by molar-refractivity contribution is 5.60. The Balaban J connectivity index is 2.13. The van der Waals surface area contributed by atoms with Gasteiger partial charge in [0, 0.05) is 6.07 Å². The van der Waals surface area contributed by atoms with Crippen LogP contribution in [0.5, 0.6) is 5.75 Å². The summed E-state index contributed by atoms with van der Waals surface area (Å²) in [7, 11) is 1.51. The van der Waals surface area contributed by atoms with Gasteiger partial charge in [0.2, 0.25) is 0 Å². The number of benzene rings is 1. The van der Waals surface area contributed by atoms with Gasteiger partial charge in [0.15, 0.2) is 6.23 Å². The Morgan fingerprint density at radius 2 is 1.88 bits per heavy atom. The number of aliphatic hydroxyl groups excluding tert-OH is 3. The summed E-state index contributed by atoms with van der Waals surface area (Å²) < 4.78 is 11.5. The van der Waals surface area contributed by atoms with Gasteiger partial charge in [-0.1, -0.05) is 0 Å². The number of aromatic nitrogens is 2. The molecule has 1 aliphatic rings. The van der Waals surface area contributed by atoms with Crippen molar-refractivity contribution in [2.24, 2.45) is 0 Å². The van der Waals surface area contributed by atoms with E-state index in [1.54, 1.807) is 24.3 Å². The van der Waals surface area contributed by atoms with Crippen molar-refractivity contribution in [3.05, 3.63) is 51.2 Å². The summed E-state index contributed by atoms with van der Waals surface area (Å²) in [6, 6.07) is 7.79. The first kappa shape index (κ1) is 17.4. The zero-order chi connectivity index (χ0) is 18.1. The van der Waals surface area contributed by atoms with Crippen LogP contribution < -0.4 is 16.0 Å². The van der Waals surface area contributed by atoms with Crippen LogP contribution in [-0.2, 0) is 4.74 Å². The molecular formula is C16H18N2O7. The second-order valence-electron chi connectivity index (χ2n) is 5.65. The summed E-state index contributed by atoms with van der Waals surface area (Å²) in [5, 5.41) is 29.3. The molecule has 9 heteroatoms. The maximum absolute atomic E-state index is 12.3. The van der Waals surface area contributed by atoms with Crippen molar-refractivity contribution in [3.8, 4) is 17.0 Å². The summed E-state index contributed by atoms with van der Waals surface area (Å²) >= 11 is 0. The normalized spacial score (nSPS) is 25.9. The lowest BCUT2D eigenvalue weighted by Crippen LogP contribution is -2.38. The highest BCUT2D eigenvalue weighted by atomic mass is 16.6. The van der Waals surface area contributed by atoms with E-state index in [4.69, 9.17) is 9.47 Å². The second-order valence-corrected chi connectivity index (χ2v) is 5.65.